The molecule has 3 heteroatoms. The lowest BCUT2D eigenvalue weighted by Gasteiger charge is -2.18. The van der Waals surface area contributed by atoms with Crippen LogP contribution in [0.5, 0.6) is 0 Å². The Morgan fingerprint density at radius 3 is 2.62 bits per heavy atom. The van der Waals surface area contributed by atoms with Gasteiger partial charge in [-0.25, -0.2) is 4.98 Å². The fraction of sp³-hybridized carbons (Fsp3) is 0.462. The van der Waals surface area contributed by atoms with Crippen LogP contribution in [0, 0.1) is 0 Å². The number of hydrogen-bond donors (Lipinski definition) is 1. The number of fused-ring (bicyclic) bond motifs is 1. The summed E-state index contributed by atoms with van der Waals surface area (Å²) in [6, 6.07) is 8.23. The van der Waals surface area contributed by atoms with Gasteiger partial charge >= 0.3 is 0 Å². The van der Waals surface area contributed by atoms with Crippen molar-refractivity contribution in [3.05, 3.63) is 30.1 Å². The molecule has 2 N–H and O–H groups in total. The van der Waals surface area contributed by atoms with Crippen molar-refractivity contribution in [2.24, 2.45) is 5.73 Å². The van der Waals surface area contributed by atoms with Gasteiger partial charge in [-0.05, 0) is 32.9 Å². The number of nitrogens with two attached hydrogens (primary N) is 1. The first-order valence-corrected chi connectivity index (χ1v) is 5.74. The predicted molar refractivity (Wildman–Crippen MR) is 67.4 cm³/mol. The Labute approximate surface area is 96.3 Å². The average Bonchev–Trinajstić information content (AvgIpc) is 2.51. The van der Waals surface area contributed by atoms with Gasteiger partial charge in [0.25, 0.3) is 0 Å². The number of aromatic nitrogens is 2. The van der Waals surface area contributed by atoms with Gasteiger partial charge in [-0.2, -0.15) is 0 Å². The molecule has 86 valence electrons. The Kier molecular flexibility index (Phi) is 2.72. The standard InChI is InChI=1S/C13H19N3/c1-4-16-11-8-6-5-7-10(11)15-12(16)9-13(2,3)14/h5-8H,4,9,14H2,1-3H3. The third kappa shape index (κ3) is 2.09. The van der Waals surface area contributed by atoms with Gasteiger partial charge in [0.1, 0.15) is 5.82 Å². The van der Waals surface area contributed by atoms with Gasteiger partial charge in [0, 0.05) is 18.5 Å². The van der Waals surface area contributed by atoms with Gasteiger partial charge in [0.05, 0.1) is 11.0 Å². The van der Waals surface area contributed by atoms with Gasteiger partial charge in [0.15, 0.2) is 0 Å². The topological polar surface area (TPSA) is 43.8 Å². The number of nitrogens with zero attached hydrogens (tertiary/aromatic N) is 2. The van der Waals surface area contributed by atoms with E-state index >= 15 is 0 Å². The Morgan fingerprint density at radius 1 is 1.31 bits per heavy atom. The molecule has 16 heavy (non-hydrogen) atoms. The maximum Gasteiger partial charge on any atom is 0.111 e. The van der Waals surface area contributed by atoms with Crippen LogP contribution in [-0.2, 0) is 13.0 Å². The molecule has 0 spiro atoms. The molecule has 3 nitrogen and oxygen atoms in total. The van der Waals surface area contributed by atoms with Gasteiger partial charge in [-0.1, -0.05) is 12.1 Å². The lowest BCUT2D eigenvalue weighted by molar-refractivity contribution is 0.490. The summed E-state index contributed by atoms with van der Waals surface area (Å²) in [6.45, 7) is 7.14. The lowest BCUT2D eigenvalue weighted by Crippen LogP contribution is -2.35. The average molecular weight is 217 g/mol. The van der Waals surface area contributed by atoms with Crippen molar-refractivity contribution in [1.29, 1.82) is 0 Å². The maximum absolute atomic E-state index is 6.06. The molecule has 0 amide bonds. The largest absolute Gasteiger partial charge is 0.328 e. The second-order valence-corrected chi connectivity index (χ2v) is 4.93. The van der Waals surface area contributed by atoms with Crippen LogP contribution in [0.4, 0.5) is 0 Å². The fourth-order valence-electron chi connectivity index (χ4n) is 2.02. The molecule has 0 aliphatic heterocycles. The molecule has 0 aliphatic carbocycles. The molecule has 2 aromatic rings. The lowest BCUT2D eigenvalue weighted by atomic mass is 10.0. The molecule has 0 radical (unpaired) electrons. The zero-order valence-corrected chi connectivity index (χ0v) is 10.2. The van der Waals surface area contributed by atoms with E-state index in [1.54, 1.807) is 0 Å². The number of hydrogen-bond acceptors (Lipinski definition) is 2. The Bertz CT molecular complexity index is 491. The molecule has 0 saturated carbocycles. The summed E-state index contributed by atoms with van der Waals surface area (Å²) in [5.74, 6) is 1.08. The van der Waals surface area contributed by atoms with Gasteiger partial charge in [0.2, 0.25) is 0 Å². The molecule has 0 bridgehead atoms. The zero-order valence-electron chi connectivity index (χ0n) is 10.2. The summed E-state index contributed by atoms with van der Waals surface area (Å²) in [6.07, 6.45) is 0.801. The Balaban J connectivity index is 2.52. The summed E-state index contributed by atoms with van der Waals surface area (Å²) in [5.41, 5.74) is 8.10. The minimum atomic E-state index is -0.214. The predicted octanol–water partition coefficient (Wildman–Crippen LogP) is 2.34. The highest BCUT2D eigenvalue weighted by molar-refractivity contribution is 5.75. The van der Waals surface area contributed by atoms with Crippen molar-refractivity contribution in [2.45, 2.75) is 39.3 Å². The third-order valence-corrected chi connectivity index (χ3v) is 2.66. The van der Waals surface area contributed by atoms with E-state index in [0.29, 0.717) is 0 Å². The van der Waals surface area contributed by atoms with Crippen molar-refractivity contribution in [3.8, 4) is 0 Å². The van der Waals surface area contributed by atoms with Crippen LogP contribution in [0.3, 0.4) is 0 Å². The third-order valence-electron chi connectivity index (χ3n) is 2.66. The summed E-state index contributed by atoms with van der Waals surface area (Å²) >= 11 is 0. The van der Waals surface area contributed by atoms with Crippen LogP contribution in [-0.4, -0.2) is 15.1 Å². The zero-order chi connectivity index (χ0) is 11.8. The normalized spacial score (nSPS) is 12.2. The van der Waals surface area contributed by atoms with Crippen molar-refractivity contribution in [2.75, 3.05) is 0 Å². The van der Waals surface area contributed by atoms with Crippen molar-refractivity contribution in [3.63, 3.8) is 0 Å². The molecule has 1 aromatic carbocycles. The first-order chi connectivity index (χ1) is 7.51. The number of aryl methyl sites for hydroxylation is 1. The van der Waals surface area contributed by atoms with E-state index in [1.165, 1.54) is 5.52 Å². The molecule has 0 fully saturated rings. The first-order valence-electron chi connectivity index (χ1n) is 5.74. The molecule has 1 aromatic heterocycles. The number of benzene rings is 1. The molecular weight excluding hydrogens is 198 g/mol. The summed E-state index contributed by atoms with van der Waals surface area (Å²) in [5, 5.41) is 0. The van der Waals surface area contributed by atoms with E-state index in [1.807, 2.05) is 26.0 Å². The van der Waals surface area contributed by atoms with Crippen LogP contribution in [0.15, 0.2) is 24.3 Å². The van der Waals surface area contributed by atoms with Crippen molar-refractivity contribution < 1.29 is 0 Å². The molecule has 0 aliphatic rings. The van der Waals surface area contributed by atoms with E-state index < -0.39 is 0 Å². The summed E-state index contributed by atoms with van der Waals surface area (Å²) in [4.78, 5) is 4.65. The Morgan fingerprint density at radius 2 is 2.00 bits per heavy atom. The van der Waals surface area contributed by atoms with Gasteiger partial charge in [-0.15, -0.1) is 0 Å². The minimum Gasteiger partial charge on any atom is -0.328 e. The Hall–Kier alpha value is -1.35. The van der Waals surface area contributed by atoms with E-state index in [-0.39, 0.29) is 5.54 Å². The molecule has 0 atom stereocenters. The van der Waals surface area contributed by atoms with Crippen LogP contribution < -0.4 is 5.73 Å². The van der Waals surface area contributed by atoms with Gasteiger partial charge in [-0.3, -0.25) is 0 Å². The van der Waals surface area contributed by atoms with Gasteiger partial charge < -0.3 is 10.3 Å². The maximum atomic E-state index is 6.06. The number of para-hydroxylation sites is 2. The summed E-state index contributed by atoms with van der Waals surface area (Å²) in [7, 11) is 0. The van der Waals surface area contributed by atoms with Crippen LogP contribution in [0.2, 0.25) is 0 Å². The van der Waals surface area contributed by atoms with E-state index in [0.717, 1.165) is 24.3 Å². The van der Waals surface area contributed by atoms with Crippen LogP contribution >= 0.6 is 0 Å². The highest BCUT2D eigenvalue weighted by atomic mass is 15.1. The monoisotopic (exact) mass is 217 g/mol. The van der Waals surface area contributed by atoms with E-state index in [9.17, 15) is 0 Å². The van der Waals surface area contributed by atoms with Crippen molar-refractivity contribution >= 4 is 11.0 Å². The second kappa shape index (κ2) is 3.91. The molecular formula is C13H19N3. The SMILES string of the molecule is CCn1c(CC(C)(C)N)nc2ccccc21. The highest BCUT2D eigenvalue weighted by Gasteiger charge is 2.17. The minimum absolute atomic E-state index is 0.214. The summed E-state index contributed by atoms with van der Waals surface area (Å²) < 4.78 is 2.24. The van der Waals surface area contributed by atoms with Crippen molar-refractivity contribution in [1.82, 2.24) is 9.55 Å². The van der Waals surface area contributed by atoms with E-state index in [2.05, 4.69) is 28.6 Å². The highest BCUT2D eigenvalue weighted by Crippen LogP contribution is 2.18. The van der Waals surface area contributed by atoms with E-state index in [4.69, 9.17) is 5.73 Å². The smallest absolute Gasteiger partial charge is 0.111 e. The molecule has 1 heterocycles. The second-order valence-electron chi connectivity index (χ2n) is 4.93. The number of imidazole rings is 1. The van der Waals surface area contributed by atoms with Crippen LogP contribution in [0.1, 0.15) is 26.6 Å². The first kappa shape index (κ1) is 11.1. The molecule has 2 rings (SSSR count). The van der Waals surface area contributed by atoms with Crippen LogP contribution in [0.25, 0.3) is 11.0 Å². The number of rotatable bonds is 3. The quantitative estimate of drug-likeness (QED) is 0.857. The molecule has 0 saturated heterocycles. The molecule has 0 unspecified atom stereocenters. The fourth-order valence-corrected chi connectivity index (χ4v) is 2.02.